The molecule has 54 valence electrons. The summed E-state index contributed by atoms with van der Waals surface area (Å²) in [5, 5.41) is 0. The molecule has 1 fully saturated rings. The van der Waals surface area contributed by atoms with Crippen molar-refractivity contribution in [3.63, 3.8) is 0 Å². The molecule has 0 amide bonds. The maximum Gasteiger partial charge on any atom is 0.0579 e. The van der Waals surface area contributed by atoms with Gasteiger partial charge in [-0.3, -0.25) is 0 Å². The van der Waals surface area contributed by atoms with Gasteiger partial charge < -0.3 is 4.74 Å². The van der Waals surface area contributed by atoms with Crippen LogP contribution < -0.4 is 0 Å². The van der Waals surface area contributed by atoms with Crippen LogP contribution in [-0.4, -0.2) is 12.2 Å². The van der Waals surface area contributed by atoms with E-state index in [1.54, 1.807) is 0 Å². The first-order valence-electron chi connectivity index (χ1n) is 3.78. The molecule has 0 N–H and O–H groups in total. The van der Waals surface area contributed by atoms with E-state index in [2.05, 4.69) is 27.7 Å². The molecular weight excluding hydrogens is 112 g/mol. The van der Waals surface area contributed by atoms with Crippen LogP contribution >= 0.6 is 0 Å². The van der Waals surface area contributed by atoms with Gasteiger partial charge in [0.25, 0.3) is 0 Å². The zero-order valence-corrected chi connectivity index (χ0v) is 6.72. The molecule has 4 atom stereocenters. The van der Waals surface area contributed by atoms with Crippen LogP contribution in [0.4, 0.5) is 0 Å². The van der Waals surface area contributed by atoms with Gasteiger partial charge in [0.2, 0.25) is 0 Å². The Labute approximate surface area is 57.4 Å². The summed E-state index contributed by atoms with van der Waals surface area (Å²) < 4.78 is 5.59. The third-order valence-corrected chi connectivity index (χ3v) is 2.74. The van der Waals surface area contributed by atoms with E-state index in [1.165, 1.54) is 0 Å². The van der Waals surface area contributed by atoms with E-state index in [0.29, 0.717) is 12.2 Å². The lowest BCUT2D eigenvalue weighted by molar-refractivity contribution is 0.0524. The third-order valence-electron chi connectivity index (χ3n) is 2.74. The highest BCUT2D eigenvalue weighted by atomic mass is 16.5. The zero-order chi connectivity index (χ0) is 7.02. The molecule has 0 aromatic rings. The molecule has 0 radical (unpaired) electrons. The van der Waals surface area contributed by atoms with Gasteiger partial charge in [-0.25, -0.2) is 0 Å². The van der Waals surface area contributed by atoms with Crippen LogP contribution in [0.5, 0.6) is 0 Å². The molecule has 9 heavy (non-hydrogen) atoms. The molecule has 0 aromatic carbocycles. The van der Waals surface area contributed by atoms with Crippen molar-refractivity contribution < 1.29 is 4.74 Å². The molecule has 1 rings (SSSR count). The summed E-state index contributed by atoms with van der Waals surface area (Å²) in [4.78, 5) is 0. The molecule has 1 aliphatic heterocycles. The Morgan fingerprint density at radius 1 is 0.778 bits per heavy atom. The molecule has 0 aromatic heterocycles. The molecule has 0 aliphatic carbocycles. The molecular formula is C8H16O. The standard InChI is InChI=1S/C8H16O/c1-5-6(2)8(4)9-7(5)3/h5-8H,1-4H3/t5-,6?,7?,8-/m0/s1. The van der Waals surface area contributed by atoms with E-state index >= 15 is 0 Å². The molecule has 1 nitrogen and oxygen atoms in total. The van der Waals surface area contributed by atoms with Crippen molar-refractivity contribution in [2.24, 2.45) is 11.8 Å². The summed E-state index contributed by atoms with van der Waals surface area (Å²) in [6.45, 7) is 8.84. The summed E-state index contributed by atoms with van der Waals surface area (Å²) in [7, 11) is 0. The Hall–Kier alpha value is -0.0400. The van der Waals surface area contributed by atoms with Gasteiger partial charge in [0.05, 0.1) is 12.2 Å². The normalized spacial score (nSPS) is 52.0. The minimum Gasteiger partial charge on any atom is -0.375 e. The topological polar surface area (TPSA) is 9.23 Å². The summed E-state index contributed by atoms with van der Waals surface area (Å²) in [6.07, 6.45) is 0.935. The van der Waals surface area contributed by atoms with E-state index in [-0.39, 0.29) is 0 Å². The Kier molecular flexibility index (Phi) is 1.80. The van der Waals surface area contributed by atoms with Crippen LogP contribution in [0, 0.1) is 11.8 Å². The van der Waals surface area contributed by atoms with Gasteiger partial charge in [0.1, 0.15) is 0 Å². The molecule has 1 saturated heterocycles. The number of rotatable bonds is 0. The predicted octanol–water partition coefficient (Wildman–Crippen LogP) is 2.07. The fourth-order valence-corrected chi connectivity index (χ4v) is 1.44. The van der Waals surface area contributed by atoms with E-state index in [0.717, 1.165) is 11.8 Å². The summed E-state index contributed by atoms with van der Waals surface area (Å²) in [5.74, 6) is 1.47. The average molecular weight is 128 g/mol. The Balaban J connectivity index is 2.54. The summed E-state index contributed by atoms with van der Waals surface area (Å²) >= 11 is 0. The molecule has 2 unspecified atom stereocenters. The lowest BCUT2D eigenvalue weighted by atomic mass is 9.92. The summed E-state index contributed by atoms with van der Waals surface area (Å²) in [5.41, 5.74) is 0. The Morgan fingerprint density at radius 3 is 1.22 bits per heavy atom. The minimum atomic E-state index is 0.468. The van der Waals surface area contributed by atoms with Crippen molar-refractivity contribution in [2.45, 2.75) is 39.9 Å². The van der Waals surface area contributed by atoms with Crippen molar-refractivity contribution in [1.82, 2.24) is 0 Å². The molecule has 0 bridgehead atoms. The van der Waals surface area contributed by atoms with Crippen LogP contribution in [0.1, 0.15) is 27.7 Å². The van der Waals surface area contributed by atoms with E-state index in [9.17, 15) is 0 Å². The Morgan fingerprint density at radius 2 is 1.11 bits per heavy atom. The van der Waals surface area contributed by atoms with Crippen molar-refractivity contribution in [1.29, 1.82) is 0 Å². The highest BCUT2D eigenvalue weighted by Gasteiger charge is 2.32. The van der Waals surface area contributed by atoms with Gasteiger partial charge in [0.15, 0.2) is 0 Å². The van der Waals surface area contributed by atoms with Gasteiger partial charge >= 0.3 is 0 Å². The van der Waals surface area contributed by atoms with E-state index in [1.807, 2.05) is 0 Å². The van der Waals surface area contributed by atoms with Crippen LogP contribution in [0.15, 0.2) is 0 Å². The third kappa shape index (κ3) is 1.11. The van der Waals surface area contributed by atoms with Crippen LogP contribution in [0.2, 0.25) is 0 Å². The second-order valence-electron chi connectivity index (χ2n) is 3.26. The van der Waals surface area contributed by atoms with Crippen LogP contribution in [0.3, 0.4) is 0 Å². The highest BCUT2D eigenvalue weighted by molar-refractivity contribution is 4.80. The summed E-state index contributed by atoms with van der Waals surface area (Å²) in [6, 6.07) is 0. The largest absolute Gasteiger partial charge is 0.375 e. The lowest BCUT2D eigenvalue weighted by Crippen LogP contribution is -2.12. The molecule has 0 saturated carbocycles. The van der Waals surface area contributed by atoms with Gasteiger partial charge in [-0.15, -0.1) is 0 Å². The molecule has 1 heteroatoms. The van der Waals surface area contributed by atoms with Crippen molar-refractivity contribution >= 4 is 0 Å². The van der Waals surface area contributed by atoms with E-state index in [4.69, 9.17) is 4.74 Å². The first-order chi connectivity index (χ1) is 4.13. The van der Waals surface area contributed by atoms with Crippen molar-refractivity contribution in [3.8, 4) is 0 Å². The second-order valence-corrected chi connectivity index (χ2v) is 3.26. The van der Waals surface area contributed by atoms with Gasteiger partial charge in [0, 0.05) is 0 Å². The van der Waals surface area contributed by atoms with Gasteiger partial charge in [-0.05, 0) is 25.7 Å². The van der Waals surface area contributed by atoms with Gasteiger partial charge in [-0.1, -0.05) is 13.8 Å². The van der Waals surface area contributed by atoms with Crippen LogP contribution in [0.25, 0.3) is 0 Å². The zero-order valence-electron chi connectivity index (χ0n) is 6.72. The highest BCUT2D eigenvalue weighted by Crippen LogP contribution is 2.30. The maximum atomic E-state index is 5.59. The predicted molar refractivity (Wildman–Crippen MR) is 38.3 cm³/mol. The average Bonchev–Trinajstić information content (AvgIpc) is 1.98. The van der Waals surface area contributed by atoms with Crippen LogP contribution in [-0.2, 0) is 4.74 Å². The molecule has 1 heterocycles. The Bertz CT molecular complexity index is 88.7. The quantitative estimate of drug-likeness (QED) is 0.485. The number of hydrogen-bond acceptors (Lipinski definition) is 1. The fraction of sp³-hybridized carbons (Fsp3) is 1.00. The number of ether oxygens (including phenoxy) is 1. The maximum absolute atomic E-state index is 5.59. The molecule has 0 spiro atoms. The van der Waals surface area contributed by atoms with E-state index < -0.39 is 0 Å². The molecule has 1 aliphatic rings. The first kappa shape index (κ1) is 7.07. The smallest absolute Gasteiger partial charge is 0.0579 e. The monoisotopic (exact) mass is 128 g/mol. The first-order valence-corrected chi connectivity index (χ1v) is 3.78. The SMILES string of the molecule is CC1O[C@@H](C)C(C)[C@@H]1C. The van der Waals surface area contributed by atoms with Gasteiger partial charge in [-0.2, -0.15) is 0 Å². The van der Waals surface area contributed by atoms with Crippen molar-refractivity contribution in [3.05, 3.63) is 0 Å². The lowest BCUT2D eigenvalue weighted by Gasteiger charge is -2.10. The second kappa shape index (κ2) is 2.30. The number of hydrogen-bond donors (Lipinski definition) is 0. The fourth-order valence-electron chi connectivity index (χ4n) is 1.44. The minimum absolute atomic E-state index is 0.468. The van der Waals surface area contributed by atoms with Crippen molar-refractivity contribution in [2.75, 3.05) is 0 Å².